The lowest BCUT2D eigenvalue weighted by Gasteiger charge is -2.25. The molecule has 1 saturated carbocycles. The Balaban J connectivity index is 1.64. The van der Waals surface area contributed by atoms with Crippen molar-refractivity contribution in [2.45, 2.75) is 103 Å². The van der Waals surface area contributed by atoms with Gasteiger partial charge < -0.3 is 15.5 Å². The predicted octanol–water partition coefficient (Wildman–Crippen LogP) is 5.40. The quantitative estimate of drug-likeness (QED) is 0.439. The summed E-state index contributed by atoms with van der Waals surface area (Å²) in [6, 6.07) is 2.56. The largest absolute Gasteiger partial charge is 0.481 e. The van der Waals surface area contributed by atoms with Crippen molar-refractivity contribution < 1.29 is 15.0 Å². The predicted molar refractivity (Wildman–Crippen MR) is 130 cm³/mol. The van der Waals surface area contributed by atoms with Crippen molar-refractivity contribution in [1.82, 2.24) is 14.6 Å². The Labute approximate surface area is 196 Å². The molecule has 4 rings (SSSR count). The lowest BCUT2D eigenvalue weighted by molar-refractivity contribution is -0.141. The van der Waals surface area contributed by atoms with E-state index in [0.29, 0.717) is 30.7 Å². The number of aliphatic hydroxyl groups excluding tert-OH is 1. The summed E-state index contributed by atoms with van der Waals surface area (Å²) in [4.78, 5) is 16.0. The fourth-order valence-electron chi connectivity index (χ4n) is 5.30. The molecule has 180 valence electrons. The number of rotatable bonds is 9. The van der Waals surface area contributed by atoms with Gasteiger partial charge in [-0.25, -0.2) is 9.50 Å². The summed E-state index contributed by atoms with van der Waals surface area (Å²) < 4.78 is 2.05. The molecule has 0 aliphatic heterocycles. The molecule has 2 aliphatic carbocycles. The number of nitrogens with zero attached hydrogens (tertiary/aromatic N) is 3. The van der Waals surface area contributed by atoms with E-state index in [0.717, 1.165) is 49.6 Å². The van der Waals surface area contributed by atoms with Crippen LogP contribution < -0.4 is 5.32 Å². The molecule has 0 spiro atoms. The average Bonchev–Trinajstić information content (AvgIpc) is 3.18. The highest BCUT2D eigenvalue weighted by Gasteiger charge is 2.28. The first-order valence-electron chi connectivity index (χ1n) is 12.7. The Bertz CT molecular complexity index is 991. The van der Waals surface area contributed by atoms with Crippen molar-refractivity contribution in [3.63, 3.8) is 0 Å². The number of nitrogens with one attached hydrogen (secondary N) is 1. The number of allylic oxidation sites excluding steroid dienone is 2. The molecule has 1 unspecified atom stereocenters. The van der Waals surface area contributed by atoms with Gasteiger partial charge in [0, 0.05) is 23.2 Å². The van der Waals surface area contributed by atoms with Gasteiger partial charge in [0.2, 0.25) is 5.95 Å². The molecule has 33 heavy (non-hydrogen) atoms. The van der Waals surface area contributed by atoms with Gasteiger partial charge in [-0.3, -0.25) is 4.79 Å². The second-order valence-corrected chi connectivity index (χ2v) is 9.95. The average molecular weight is 455 g/mol. The van der Waals surface area contributed by atoms with Crippen LogP contribution in [0.1, 0.15) is 102 Å². The third kappa shape index (κ3) is 5.57. The highest BCUT2D eigenvalue weighted by Crippen LogP contribution is 2.39. The van der Waals surface area contributed by atoms with Crippen LogP contribution in [-0.2, 0) is 4.79 Å². The van der Waals surface area contributed by atoms with Crippen molar-refractivity contribution >= 4 is 23.0 Å². The number of hydrogen-bond acceptors (Lipinski definition) is 5. The van der Waals surface area contributed by atoms with Crippen molar-refractivity contribution in [3.05, 3.63) is 29.6 Å². The van der Waals surface area contributed by atoms with Gasteiger partial charge in [0.25, 0.3) is 0 Å². The minimum atomic E-state index is -0.708. The lowest BCUT2D eigenvalue weighted by atomic mass is 9.84. The molecule has 3 N–H and O–H groups in total. The number of carbonyl (C=O) groups is 1. The molecular weight excluding hydrogens is 416 g/mol. The Hall–Kier alpha value is -2.41. The van der Waals surface area contributed by atoms with Gasteiger partial charge >= 0.3 is 5.97 Å². The maximum absolute atomic E-state index is 11.4. The third-order valence-corrected chi connectivity index (χ3v) is 7.38. The van der Waals surface area contributed by atoms with Gasteiger partial charge in [0.15, 0.2) is 0 Å². The van der Waals surface area contributed by atoms with Crippen molar-refractivity contribution in [2.24, 2.45) is 5.92 Å². The van der Waals surface area contributed by atoms with E-state index < -0.39 is 5.97 Å². The Kier molecular flexibility index (Phi) is 7.68. The van der Waals surface area contributed by atoms with Crippen molar-refractivity contribution in [1.29, 1.82) is 0 Å². The summed E-state index contributed by atoms with van der Waals surface area (Å²) in [5, 5.41) is 27.7. The van der Waals surface area contributed by atoms with E-state index in [1.807, 2.05) is 6.20 Å². The van der Waals surface area contributed by atoms with Gasteiger partial charge in [-0.1, -0.05) is 32.3 Å². The molecule has 2 aromatic heterocycles. The molecule has 2 heterocycles. The summed E-state index contributed by atoms with van der Waals surface area (Å²) in [5.74, 6) is 0.00780. The molecule has 7 nitrogen and oxygen atoms in total. The smallest absolute Gasteiger partial charge is 0.306 e. The van der Waals surface area contributed by atoms with E-state index in [9.17, 15) is 15.0 Å². The van der Waals surface area contributed by atoms with E-state index >= 15 is 0 Å². The zero-order valence-corrected chi connectivity index (χ0v) is 20.0. The standard InChI is InChI=1S/C26H38N4O3/c1-3-4-5-6-17(2)28-26-27-16-24-22(18-7-9-20(10-8-18)25(32)33)15-23(30(24)29-26)19-11-13-21(31)14-12-19/h7,15-17,19-21,31H,3-6,8-14H2,1-2H3,(H,28,29)(H,32,33)/t17-,19?,20?,21?/m0/s1. The second-order valence-electron chi connectivity index (χ2n) is 9.95. The first kappa shape index (κ1) is 23.7. The molecule has 0 bridgehead atoms. The Morgan fingerprint density at radius 3 is 2.70 bits per heavy atom. The lowest BCUT2D eigenvalue weighted by Crippen LogP contribution is -2.20. The number of aliphatic hydroxyl groups is 1. The van der Waals surface area contributed by atoms with Crippen LogP contribution in [0.15, 0.2) is 18.3 Å². The number of aliphatic carboxylic acids is 1. The van der Waals surface area contributed by atoms with Gasteiger partial charge in [-0.2, -0.15) is 0 Å². The molecule has 0 amide bonds. The van der Waals surface area contributed by atoms with Gasteiger partial charge in [-0.05, 0) is 69.9 Å². The van der Waals surface area contributed by atoms with E-state index in [2.05, 4.69) is 40.8 Å². The van der Waals surface area contributed by atoms with E-state index in [4.69, 9.17) is 5.10 Å². The van der Waals surface area contributed by atoms with Crippen LogP contribution in [0.3, 0.4) is 0 Å². The van der Waals surface area contributed by atoms with Crippen LogP contribution in [0.2, 0.25) is 0 Å². The minimum Gasteiger partial charge on any atom is -0.481 e. The van der Waals surface area contributed by atoms with Crippen LogP contribution in [0, 0.1) is 5.92 Å². The number of unbranched alkanes of at least 4 members (excludes halogenated alkanes) is 2. The molecule has 7 heteroatoms. The summed E-state index contributed by atoms with van der Waals surface area (Å²) >= 11 is 0. The minimum absolute atomic E-state index is 0.197. The topological polar surface area (TPSA) is 99.8 Å². The van der Waals surface area contributed by atoms with Gasteiger partial charge in [0.1, 0.15) is 0 Å². The number of aromatic nitrogens is 3. The van der Waals surface area contributed by atoms with Crippen LogP contribution in [0.25, 0.3) is 11.1 Å². The Morgan fingerprint density at radius 2 is 2.03 bits per heavy atom. The normalized spacial score (nSPS) is 24.5. The van der Waals surface area contributed by atoms with Crippen LogP contribution >= 0.6 is 0 Å². The molecule has 2 aliphatic rings. The maximum Gasteiger partial charge on any atom is 0.306 e. The Morgan fingerprint density at radius 1 is 1.24 bits per heavy atom. The first-order valence-corrected chi connectivity index (χ1v) is 12.7. The van der Waals surface area contributed by atoms with E-state index in [1.54, 1.807) is 0 Å². The number of carboxylic acids is 1. The molecule has 1 fully saturated rings. The van der Waals surface area contributed by atoms with Crippen molar-refractivity contribution in [2.75, 3.05) is 5.32 Å². The van der Waals surface area contributed by atoms with E-state index in [-0.39, 0.29) is 12.0 Å². The third-order valence-electron chi connectivity index (χ3n) is 7.38. The summed E-state index contributed by atoms with van der Waals surface area (Å²) in [6.07, 6.45) is 14.1. The first-order chi connectivity index (χ1) is 16.0. The number of hydrogen-bond donors (Lipinski definition) is 3. The SMILES string of the molecule is CCCCC[C@H](C)Nc1ncc2c(C3=CCC(C(=O)O)CC3)cc(C3CCC(O)CC3)n2n1. The van der Waals surface area contributed by atoms with Gasteiger partial charge in [0.05, 0.1) is 23.7 Å². The summed E-state index contributed by atoms with van der Waals surface area (Å²) in [5.41, 5.74) is 4.49. The summed E-state index contributed by atoms with van der Waals surface area (Å²) in [6.45, 7) is 4.40. The molecule has 0 radical (unpaired) electrons. The highest BCUT2D eigenvalue weighted by molar-refractivity contribution is 5.81. The molecular formula is C26H38N4O3. The molecule has 0 aromatic carbocycles. The van der Waals surface area contributed by atoms with Crippen molar-refractivity contribution in [3.8, 4) is 0 Å². The fraction of sp³-hybridized carbons (Fsp3) is 0.654. The number of anilines is 1. The molecule has 2 aromatic rings. The van der Waals surface area contributed by atoms with Crippen LogP contribution in [0.4, 0.5) is 5.95 Å². The van der Waals surface area contributed by atoms with Crippen LogP contribution in [0.5, 0.6) is 0 Å². The number of carboxylic acid groups (broad SMARTS) is 1. The fourth-order valence-corrected chi connectivity index (χ4v) is 5.30. The highest BCUT2D eigenvalue weighted by atomic mass is 16.4. The monoisotopic (exact) mass is 454 g/mol. The summed E-state index contributed by atoms with van der Waals surface area (Å²) in [7, 11) is 0. The zero-order chi connectivity index (χ0) is 23.4. The number of fused-ring (bicyclic) bond motifs is 1. The van der Waals surface area contributed by atoms with Crippen LogP contribution in [-0.4, -0.2) is 42.9 Å². The maximum atomic E-state index is 11.4. The molecule has 2 atom stereocenters. The van der Waals surface area contributed by atoms with E-state index in [1.165, 1.54) is 30.5 Å². The molecule has 0 saturated heterocycles. The second kappa shape index (κ2) is 10.7. The zero-order valence-electron chi connectivity index (χ0n) is 20.0. The van der Waals surface area contributed by atoms with Gasteiger partial charge in [-0.15, -0.1) is 5.10 Å².